The number of carbonyl (C=O) groups excluding carboxylic acids is 1. The lowest BCUT2D eigenvalue weighted by atomic mass is 9.80. The third-order valence-corrected chi connectivity index (χ3v) is 5.26. The normalized spacial score (nSPS) is 27.2. The smallest absolute Gasteiger partial charge is 0.305 e. The summed E-state index contributed by atoms with van der Waals surface area (Å²) < 4.78 is 30.4. The van der Waals surface area contributed by atoms with E-state index in [4.69, 9.17) is 0 Å². The number of hydrogen-bond donors (Lipinski definition) is 2. The molecule has 0 atom stereocenters. The number of sulfonamides is 1. The molecule has 1 aliphatic rings. The monoisotopic (exact) mass is 307 g/mol. The highest BCUT2D eigenvalue weighted by Gasteiger charge is 2.32. The molecule has 1 saturated carbocycles. The number of carbonyl (C=O) groups is 1. The Bertz CT molecular complexity index is 412. The molecule has 20 heavy (non-hydrogen) atoms. The van der Waals surface area contributed by atoms with Crippen LogP contribution in [0.25, 0.3) is 0 Å². The molecule has 0 amide bonds. The Morgan fingerprint density at radius 1 is 1.40 bits per heavy atom. The molecular weight excluding hydrogens is 282 g/mol. The number of hydrogen-bond acceptors (Lipinski definition) is 5. The van der Waals surface area contributed by atoms with Gasteiger partial charge >= 0.3 is 5.97 Å². The second-order valence-electron chi connectivity index (χ2n) is 5.73. The highest BCUT2D eigenvalue weighted by molar-refractivity contribution is 7.89. The molecule has 0 aromatic carbocycles. The van der Waals surface area contributed by atoms with Crippen molar-refractivity contribution >= 4 is 16.0 Å². The van der Waals surface area contributed by atoms with E-state index < -0.39 is 21.6 Å². The standard InChI is InChI=1S/C13H25NO5S/c1-11-5-7-13(16,8-6-11)10-14-20(17,18)9-3-4-12(15)19-2/h11,14,16H,3-10H2,1-2H3. The first-order valence-electron chi connectivity index (χ1n) is 7.03. The summed E-state index contributed by atoms with van der Waals surface area (Å²) >= 11 is 0. The lowest BCUT2D eigenvalue weighted by molar-refractivity contribution is -0.140. The van der Waals surface area contributed by atoms with Gasteiger partial charge in [0.05, 0.1) is 18.5 Å². The Hall–Kier alpha value is -0.660. The van der Waals surface area contributed by atoms with Crippen LogP contribution < -0.4 is 4.72 Å². The van der Waals surface area contributed by atoms with Crippen LogP contribution in [0.5, 0.6) is 0 Å². The summed E-state index contributed by atoms with van der Waals surface area (Å²) in [5.41, 5.74) is -0.929. The van der Waals surface area contributed by atoms with Crippen molar-refractivity contribution in [1.29, 1.82) is 0 Å². The molecule has 0 radical (unpaired) electrons. The fraction of sp³-hybridized carbons (Fsp3) is 0.923. The third-order valence-electron chi connectivity index (χ3n) is 3.85. The van der Waals surface area contributed by atoms with Gasteiger partial charge in [0.15, 0.2) is 0 Å². The van der Waals surface area contributed by atoms with Crippen LogP contribution in [0, 0.1) is 5.92 Å². The minimum absolute atomic E-state index is 0.0558. The van der Waals surface area contributed by atoms with Crippen molar-refractivity contribution in [3.8, 4) is 0 Å². The van der Waals surface area contributed by atoms with Crippen molar-refractivity contribution < 1.29 is 23.1 Å². The maximum Gasteiger partial charge on any atom is 0.305 e. The number of nitrogens with one attached hydrogen (secondary N) is 1. The lowest BCUT2D eigenvalue weighted by Crippen LogP contribution is -2.45. The zero-order valence-corrected chi connectivity index (χ0v) is 13.0. The summed E-state index contributed by atoms with van der Waals surface area (Å²) in [5.74, 6) is 0.0428. The summed E-state index contributed by atoms with van der Waals surface area (Å²) in [6.45, 7) is 2.19. The van der Waals surface area contributed by atoms with Crippen LogP contribution >= 0.6 is 0 Å². The van der Waals surface area contributed by atoms with Gasteiger partial charge in [-0.05, 0) is 38.0 Å². The van der Waals surface area contributed by atoms with Crippen LogP contribution in [0.15, 0.2) is 0 Å². The minimum Gasteiger partial charge on any atom is -0.469 e. The largest absolute Gasteiger partial charge is 0.469 e. The molecule has 2 N–H and O–H groups in total. The predicted octanol–water partition coefficient (Wildman–Crippen LogP) is 0.800. The minimum atomic E-state index is -3.45. The van der Waals surface area contributed by atoms with E-state index in [9.17, 15) is 18.3 Å². The van der Waals surface area contributed by atoms with Crippen molar-refractivity contribution in [1.82, 2.24) is 4.72 Å². The molecular formula is C13H25NO5S. The highest BCUT2D eigenvalue weighted by Crippen LogP contribution is 2.31. The molecule has 1 aliphatic carbocycles. The predicted molar refractivity (Wildman–Crippen MR) is 75.6 cm³/mol. The Morgan fingerprint density at radius 2 is 2.00 bits per heavy atom. The van der Waals surface area contributed by atoms with Crippen molar-refractivity contribution in [3.63, 3.8) is 0 Å². The van der Waals surface area contributed by atoms with Gasteiger partial charge in [0.2, 0.25) is 10.0 Å². The van der Waals surface area contributed by atoms with Crippen molar-refractivity contribution in [3.05, 3.63) is 0 Å². The van der Waals surface area contributed by atoms with E-state index in [2.05, 4.69) is 16.4 Å². The molecule has 0 aromatic rings. The second kappa shape index (κ2) is 7.38. The van der Waals surface area contributed by atoms with E-state index in [-0.39, 0.29) is 25.1 Å². The van der Waals surface area contributed by atoms with Crippen LogP contribution in [0.3, 0.4) is 0 Å². The number of rotatable bonds is 7. The summed E-state index contributed by atoms with van der Waals surface area (Å²) in [7, 11) is -2.18. The van der Waals surface area contributed by atoms with Gasteiger partial charge in [-0.3, -0.25) is 4.79 Å². The Labute approximate surface area is 120 Å². The molecule has 1 fully saturated rings. The van der Waals surface area contributed by atoms with Gasteiger partial charge < -0.3 is 9.84 Å². The zero-order valence-electron chi connectivity index (χ0n) is 12.2. The van der Waals surface area contributed by atoms with Crippen molar-refractivity contribution in [2.75, 3.05) is 19.4 Å². The summed E-state index contributed by atoms with van der Waals surface area (Å²) in [5, 5.41) is 10.3. The second-order valence-corrected chi connectivity index (χ2v) is 7.65. The molecule has 118 valence electrons. The first-order chi connectivity index (χ1) is 9.26. The van der Waals surface area contributed by atoms with E-state index in [1.54, 1.807) is 0 Å². The Morgan fingerprint density at radius 3 is 2.55 bits per heavy atom. The summed E-state index contributed by atoms with van der Waals surface area (Å²) in [6.07, 6.45) is 3.38. The number of ether oxygens (including phenoxy) is 1. The molecule has 0 spiro atoms. The lowest BCUT2D eigenvalue weighted by Gasteiger charge is -2.34. The van der Waals surface area contributed by atoms with Crippen LogP contribution in [-0.4, -0.2) is 44.5 Å². The topological polar surface area (TPSA) is 92.7 Å². The highest BCUT2D eigenvalue weighted by atomic mass is 32.2. The fourth-order valence-corrected chi connectivity index (χ4v) is 3.46. The molecule has 0 aliphatic heterocycles. The van der Waals surface area contributed by atoms with E-state index >= 15 is 0 Å². The van der Waals surface area contributed by atoms with Gasteiger partial charge in [0.25, 0.3) is 0 Å². The van der Waals surface area contributed by atoms with E-state index in [1.807, 2.05) is 0 Å². The Kier molecular flexibility index (Phi) is 6.42. The van der Waals surface area contributed by atoms with Crippen LogP contribution in [0.2, 0.25) is 0 Å². The van der Waals surface area contributed by atoms with Crippen molar-refractivity contribution in [2.24, 2.45) is 5.92 Å². The molecule has 1 rings (SSSR count). The van der Waals surface area contributed by atoms with Crippen LogP contribution in [-0.2, 0) is 19.6 Å². The van der Waals surface area contributed by atoms with Gasteiger partial charge in [0, 0.05) is 13.0 Å². The molecule has 0 unspecified atom stereocenters. The number of esters is 1. The zero-order chi connectivity index (χ0) is 15.2. The maximum absolute atomic E-state index is 11.8. The number of methoxy groups -OCH3 is 1. The van der Waals surface area contributed by atoms with Crippen molar-refractivity contribution in [2.45, 2.75) is 51.0 Å². The molecule has 6 nitrogen and oxygen atoms in total. The summed E-state index contributed by atoms with van der Waals surface area (Å²) in [4.78, 5) is 10.9. The Balaban J connectivity index is 2.33. The SMILES string of the molecule is COC(=O)CCCS(=O)(=O)NCC1(O)CCC(C)CC1. The maximum atomic E-state index is 11.8. The molecule has 7 heteroatoms. The van der Waals surface area contributed by atoms with Gasteiger partial charge in [-0.2, -0.15) is 0 Å². The molecule has 0 heterocycles. The van der Waals surface area contributed by atoms with Crippen LogP contribution in [0.4, 0.5) is 0 Å². The fourth-order valence-electron chi connectivity index (χ4n) is 2.30. The molecule has 0 bridgehead atoms. The van der Waals surface area contributed by atoms with Gasteiger partial charge in [-0.15, -0.1) is 0 Å². The van der Waals surface area contributed by atoms with Crippen LogP contribution in [0.1, 0.15) is 45.4 Å². The average molecular weight is 307 g/mol. The quantitative estimate of drug-likeness (QED) is 0.679. The number of aliphatic hydroxyl groups is 1. The third kappa shape index (κ3) is 6.19. The van der Waals surface area contributed by atoms with E-state index in [1.165, 1.54) is 7.11 Å². The first-order valence-corrected chi connectivity index (χ1v) is 8.68. The first kappa shape index (κ1) is 17.4. The van der Waals surface area contributed by atoms with Gasteiger partial charge in [0.1, 0.15) is 0 Å². The van der Waals surface area contributed by atoms with E-state index in [0.717, 1.165) is 12.8 Å². The molecule has 0 aromatic heterocycles. The average Bonchev–Trinajstić information content (AvgIpc) is 2.40. The summed E-state index contributed by atoms with van der Waals surface area (Å²) in [6, 6.07) is 0. The van der Waals surface area contributed by atoms with Gasteiger partial charge in [-0.1, -0.05) is 6.92 Å². The van der Waals surface area contributed by atoms with E-state index in [0.29, 0.717) is 18.8 Å². The molecule has 0 saturated heterocycles. The van der Waals surface area contributed by atoms with Gasteiger partial charge in [-0.25, -0.2) is 13.1 Å².